The van der Waals surface area contributed by atoms with Crippen LogP contribution >= 0.6 is 0 Å². The molecule has 0 atom stereocenters. The van der Waals surface area contributed by atoms with Gasteiger partial charge in [0.2, 0.25) is 0 Å². The van der Waals surface area contributed by atoms with Crippen LogP contribution in [0.3, 0.4) is 0 Å². The number of aryl methyl sites for hydroxylation is 1. The van der Waals surface area contributed by atoms with Crippen molar-refractivity contribution in [3.05, 3.63) is 41.1 Å². The normalized spacial score (nSPS) is 19.5. The number of fused-ring (bicyclic) bond motifs is 1. The van der Waals surface area contributed by atoms with Crippen molar-refractivity contribution in [2.75, 3.05) is 13.1 Å². The lowest BCUT2D eigenvalue weighted by Crippen LogP contribution is -2.50. The molecular weight excluding hydrogens is 332 g/mol. The molecule has 0 spiro atoms. The van der Waals surface area contributed by atoms with Crippen LogP contribution in [0.5, 0.6) is 0 Å². The predicted molar refractivity (Wildman–Crippen MR) is 96.2 cm³/mol. The number of carbonyl (C=O) groups is 2. The molecule has 2 aromatic rings. The number of benzene rings is 1. The number of aromatic nitrogens is 1. The number of piperidine rings is 1. The summed E-state index contributed by atoms with van der Waals surface area (Å²) < 4.78 is 0. The molecule has 1 amide bonds. The zero-order chi connectivity index (χ0) is 18.5. The van der Waals surface area contributed by atoms with Crippen LogP contribution in [-0.4, -0.2) is 50.7 Å². The average Bonchev–Trinajstić information content (AvgIpc) is 3.46. The van der Waals surface area contributed by atoms with Crippen molar-refractivity contribution < 1.29 is 19.8 Å². The molecule has 0 bridgehead atoms. The van der Waals surface area contributed by atoms with E-state index in [-0.39, 0.29) is 31.8 Å². The van der Waals surface area contributed by atoms with E-state index in [2.05, 4.69) is 0 Å². The summed E-state index contributed by atoms with van der Waals surface area (Å²) in [5, 5.41) is 20.1. The number of carboxylic acid groups (broad SMARTS) is 1. The van der Waals surface area contributed by atoms with Crippen LogP contribution in [0.1, 0.15) is 53.2 Å². The highest BCUT2D eigenvalue weighted by Crippen LogP contribution is 2.40. The lowest BCUT2D eigenvalue weighted by molar-refractivity contribution is -0.162. The number of pyridine rings is 1. The van der Waals surface area contributed by atoms with Gasteiger partial charge in [0.25, 0.3) is 5.91 Å². The Hall–Kier alpha value is -2.47. The molecule has 2 aliphatic rings. The van der Waals surface area contributed by atoms with Gasteiger partial charge in [0.05, 0.1) is 11.1 Å². The van der Waals surface area contributed by atoms with Crippen molar-refractivity contribution in [2.24, 2.45) is 0 Å². The van der Waals surface area contributed by atoms with Gasteiger partial charge < -0.3 is 15.1 Å². The van der Waals surface area contributed by atoms with E-state index >= 15 is 0 Å². The van der Waals surface area contributed by atoms with Crippen LogP contribution in [0.25, 0.3) is 10.9 Å². The number of aliphatic hydroxyl groups is 1. The number of hydrogen-bond acceptors (Lipinski definition) is 4. The van der Waals surface area contributed by atoms with Crippen molar-refractivity contribution in [1.82, 2.24) is 9.88 Å². The lowest BCUT2D eigenvalue weighted by Gasteiger charge is -2.35. The average molecular weight is 354 g/mol. The smallest absolute Gasteiger partial charge is 0.335 e. The number of carboxylic acids is 1. The lowest BCUT2D eigenvalue weighted by atomic mass is 9.91. The molecule has 1 aromatic carbocycles. The van der Waals surface area contributed by atoms with Gasteiger partial charge in [0.15, 0.2) is 5.60 Å². The molecule has 2 fully saturated rings. The number of hydrogen-bond donors (Lipinski definition) is 2. The molecule has 136 valence electrons. The Labute approximate surface area is 151 Å². The third-order valence-corrected chi connectivity index (χ3v) is 5.49. The molecule has 1 aliphatic carbocycles. The molecule has 6 heteroatoms. The minimum Gasteiger partial charge on any atom is -0.479 e. The monoisotopic (exact) mass is 354 g/mol. The summed E-state index contributed by atoms with van der Waals surface area (Å²) in [6.07, 6.45) is 2.30. The Bertz CT molecular complexity index is 896. The predicted octanol–water partition coefficient (Wildman–Crippen LogP) is 2.47. The number of rotatable bonds is 3. The van der Waals surface area contributed by atoms with Crippen LogP contribution in [0, 0.1) is 6.92 Å². The maximum atomic E-state index is 13.2. The zero-order valence-corrected chi connectivity index (χ0v) is 14.7. The van der Waals surface area contributed by atoms with E-state index in [0.29, 0.717) is 11.5 Å². The first kappa shape index (κ1) is 17.0. The van der Waals surface area contributed by atoms with Gasteiger partial charge in [-0.05, 0) is 38.0 Å². The SMILES string of the molecule is Cc1ccc2nc(C3CC3)cc(C(=O)N3CCC(O)(C(=O)O)CC3)c2c1. The fourth-order valence-corrected chi connectivity index (χ4v) is 3.59. The van der Waals surface area contributed by atoms with Crippen molar-refractivity contribution in [3.8, 4) is 0 Å². The molecule has 1 aromatic heterocycles. The fraction of sp³-hybridized carbons (Fsp3) is 0.450. The molecule has 1 aliphatic heterocycles. The summed E-state index contributed by atoms with van der Waals surface area (Å²) in [6.45, 7) is 2.45. The van der Waals surface area contributed by atoms with Crippen molar-refractivity contribution in [1.29, 1.82) is 0 Å². The van der Waals surface area contributed by atoms with Crippen LogP contribution in [0.2, 0.25) is 0 Å². The third-order valence-electron chi connectivity index (χ3n) is 5.49. The van der Waals surface area contributed by atoms with E-state index in [1.54, 1.807) is 4.90 Å². The molecule has 2 heterocycles. The summed E-state index contributed by atoms with van der Waals surface area (Å²) in [5.74, 6) is -0.895. The van der Waals surface area contributed by atoms with Crippen LogP contribution < -0.4 is 0 Å². The molecule has 26 heavy (non-hydrogen) atoms. The number of carbonyl (C=O) groups excluding carboxylic acids is 1. The molecule has 4 rings (SSSR count). The van der Waals surface area contributed by atoms with Gasteiger partial charge in [0.1, 0.15) is 0 Å². The maximum Gasteiger partial charge on any atom is 0.335 e. The fourth-order valence-electron chi connectivity index (χ4n) is 3.59. The highest BCUT2D eigenvalue weighted by molar-refractivity contribution is 6.06. The van der Waals surface area contributed by atoms with Gasteiger partial charge in [-0.2, -0.15) is 0 Å². The Balaban J connectivity index is 1.68. The minimum absolute atomic E-state index is 0.0472. The van der Waals surface area contributed by atoms with E-state index in [1.165, 1.54) is 0 Å². The molecule has 0 radical (unpaired) electrons. The van der Waals surface area contributed by atoms with Gasteiger partial charge in [-0.3, -0.25) is 9.78 Å². The number of amides is 1. The van der Waals surface area contributed by atoms with Crippen molar-refractivity contribution >= 4 is 22.8 Å². The summed E-state index contributed by atoms with van der Waals surface area (Å²) in [6, 6.07) is 7.82. The van der Waals surface area contributed by atoms with E-state index < -0.39 is 11.6 Å². The van der Waals surface area contributed by atoms with E-state index in [4.69, 9.17) is 10.1 Å². The van der Waals surface area contributed by atoms with Crippen LogP contribution in [-0.2, 0) is 4.79 Å². The van der Waals surface area contributed by atoms with Gasteiger partial charge in [0, 0.05) is 42.9 Å². The van der Waals surface area contributed by atoms with Gasteiger partial charge in [-0.1, -0.05) is 11.6 Å². The summed E-state index contributed by atoms with van der Waals surface area (Å²) in [5.41, 5.74) is 1.74. The third kappa shape index (κ3) is 2.94. The molecule has 1 saturated heterocycles. The molecule has 2 N–H and O–H groups in total. The largest absolute Gasteiger partial charge is 0.479 e. The Morgan fingerprint density at radius 1 is 1.19 bits per heavy atom. The Morgan fingerprint density at radius 2 is 1.88 bits per heavy atom. The minimum atomic E-state index is -1.73. The zero-order valence-electron chi connectivity index (χ0n) is 14.7. The van der Waals surface area contributed by atoms with Gasteiger partial charge >= 0.3 is 5.97 Å². The standard InChI is InChI=1S/C20H22N2O4/c1-12-2-5-16-14(10-12)15(11-17(21-16)13-3-4-13)18(23)22-8-6-20(26,7-9-22)19(24)25/h2,5,10-11,13,26H,3-4,6-9H2,1H3,(H,24,25). The summed E-state index contributed by atoms with van der Waals surface area (Å²) in [7, 11) is 0. The number of likely N-dealkylation sites (tertiary alicyclic amines) is 1. The van der Waals surface area contributed by atoms with Crippen LogP contribution in [0.15, 0.2) is 24.3 Å². The van der Waals surface area contributed by atoms with Crippen molar-refractivity contribution in [3.63, 3.8) is 0 Å². The second kappa shape index (κ2) is 6.06. The second-order valence-corrected chi connectivity index (χ2v) is 7.52. The summed E-state index contributed by atoms with van der Waals surface area (Å²) in [4.78, 5) is 30.7. The molecule has 6 nitrogen and oxygen atoms in total. The number of aliphatic carboxylic acids is 1. The second-order valence-electron chi connectivity index (χ2n) is 7.52. The Kier molecular flexibility index (Phi) is 3.95. The highest BCUT2D eigenvalue weighted by Gasteiger charge is 2.40. The van der Waals surface area contributed by atoms with E-state index in [1.807, 2.05) is 31.2 Å². The van der Waals surface area contributed by atoms with Gasteiger partial charge in [-0.15, -0.1) is 0 Å². The topological polar surface area (TPSA) is 90.7 Å². The molecular formula is C20H22N2O4. The maximum absolute atomic E-state index is 13.2. The molecule has 0 unspecified atom stereocenters. The first-order valence-electron chi connectivity index (χ1n) is 9.04. The summed E-state index contributed by atoms with van der Waals surface area (Å²) >= 11 is 0. The Morgan fingerprint density at radius 3 is 2.50 bits per heavy atom. The van der Waals surface area contributed by atoms with Crippen molar-refractivity contribution in [2.45, 2.75) is 44.1 Å². The van der Waals surface area contributed by atoms with E-state index in [0.717, 1.165) is 35.0 Å². The van der Waals surface area contributed by atoms with E-state index in [9.17, 15) is 14.7 Å². The first-order valence-corrected chi connectivity index (χ1v) is 9.04. The highest BCUT2D eigenvalue weighted by atomic mass is 16.4. The van der Waals surface area contributed by atoms with Crippen LogP contribution in [0.4, 0.5) is 0 Å². The number of nitrogens with zero attached hydrogens (tertiary/aromatic N) is 2. The molecule has 1 saturated carbocycles. The quantitative estimate of drug-likeness (QED) is 0.884. The van der Waals surface area contributed by atoms with Gasteiger partial charge in [-0.25, -0.2) is 4.79 Å². The first-order chi connectivity index (χ1) is 12.4.